The molecule has 1 atom stereocenters. The number of carbonyl (C=O) groups is 1. The molecule has 0 saturated heterocycles. The Bertz CT molecular complexity index is 772. The highest BCUT2D eigenvalue weighted by molar-refractivity contribution is 5.77. The molecule has 2 heterocycles. The van der Waals surface area contributed by atoms with E-state index >= 15 is 0 Å². The Morgan fingerprint density at radius 1 is 1.12 bits per heavy atom. The lowest BCUT2D eigenvalue weighted by Crippen LogP contribution is -2.39. The van der Waals surface area contributed by atoms with Crippen molar-refractivity contribution in [3.05, 3.63) is 59.2 Å². The van der Waals surface area contributed by atoms with Crippen LogP contribution in [0.25, 0.3) is 0 Å². The molecule has 0 N–H and O–H groups in total. The van der Waals surface area contributed by atoms with Crippen molar-refractivity contribution in [1.29, 1.82) is 0 Å². The summed E-state index contributed by atoms with van der Waals surface area (Å²) in [7, 11) is 0. The van der Waals surface area contributed by atoms with Crippen LogP contribution in [-0.4, -0.2) is 30.6 Å². The van der Waals surface area contributed by atoms with Crippen LogP contribution in [0, 0.1) is 0 Å². The van der Waals surface area contributed by atoms with Crippen LogP contribution in [-0.2, 0) is 17.6 Å². The summed E-state index contributed by atoms with van der Waals surface area (Å²) in [6.07, 6.45) is 2.21. The highest BCUT2D eigenvalue weighted by atomic mass is 16.6. The van der Waals surface area contributed by atoms with E-state index in [0.29, 0.717) is 19.6 Å². The minimum atomic E-state index is 0.0721. The minimum absolute atomic E-state index is 0.0721. The van der Waals surface area contributed by atoms with Crippen LogP contribution in [0.5, 0.6) is 11.5 Å². The van der Waals surface area contributed by atoms with Gasteiger partial charge in [-0.1, -0.05) is 30.3 Å². The second-order valence-corrected chi connectivity index (χ2v) is 6.69. The number of hydrogen-bond acceptors (Lipinski definition) is 3. The zero-order chi connectivity index (χ0) is 17.2. The third kappa shape index (κ3) is 3.21. The Labute approximate surface area is 148 Å². The van der Waals surface area contributed by atoms with E-state index in [4.69, 9.17) is 9.47 Å². The van der Waals surface area contributed by atoms with Gasteiger partial charge in [0, 0.05) is 13.0 Å². The summed E-state index contributed by atoms with van der Waals surface area (Å²) < 4.78 is 11.4. The number of nitrogens with zero attached hydrogens (tertiary/aromatic N) is 1. The molecule has 2 aromatic rings. The zero-order valence-electron chi connectivity index (χ0n) is 14.5. The molecule has 0 aromatic heterocycles. The molecule has 0 radical (unpaired) electrons. The van der Waals surface area contributed by atoms with Gasteiger partial charge in [-0.3, -0.25) is 4.79 Å². The maximum absolute atomic E-state index is 12.8. The van der Waals surface area contributed by atoms with Crippen molar-refractivity contribution in [1.82, 2.24) is 4.90 Å². The van der Waals surface area contributed by atoms with Gasteiger partial charge in [0.25, 0.3) is 0 Å². The van der Waals surface area contributed by atoms with Crippen molar-refractivity contribution in [2.24, 2.45) is 0 Å². The molecule has 0 aliphatic carbocycles. The SMILES string of the molecule is CC1c2cc3c(cc2CCN1C(=O)CCc1ccccc1)OCCO3. The fourth-order valence-corrected chi connectivity index (χ4v) is 3.73. The quantitative estimate of drug-likeness (QED) is 0.860. The first kappa shape index (κ1) is 16.0. The highest BCUT2D eigenvalue weighted by Crippen LogP contribution is 2.39. The molecule has 130 valence electrons. The van der Waals surface area contributed by atoms with Crippen LogP contribution in [0.3, 0.4) is 0 Å². The molecule has 2 aliphatic rings. The Hall–Kier alpha value is -2.49. The van der Waals surface area contributed by atoms with E-state index in [9.17, 15) is 4.79 Å². The summed E-state index contributed by atoms with van der Waals surface area (Å²) in [4.78, 5) is 14.8. The van der Waals surface area contributed by atoms with Crippen molar-refractivity contribution in [2.75, 3.05) is 19.8 Å². The maximum Gasteiger partial charge on any atom is 0.223 e. The van der Waals surface area contributed by atoms with Crippen molar-refractivity contribution >= 4 is 5.91 Å². The molecule has 0 spiro atoms. The standard InChI is InChI=1S/C21H23NO3/c1-15-18-14-20-19(24-11-12-25-20)13-17(18)9-10-22(15)21(23)8-7-16-5-3-2-4-6-16/h2-6,13-15H,7-12H2,1H3. The number of rotatable bonds is 3. The van der Waals surface area contributed by atoms with Crippen molar-refractivity contribution < 1.29 is 14.3 Å². The number of benzene rings is 2. The first-order valence-electron chi connectivity index (χ1n) is 8.98. The first-order valence-corrected chi connectivity index (χ1v) is 8.98. The fraction of sp³-hybridized carbons (Fsp3) is 0.381. The van der Waals surface area contributed by atoms with Crippen molar-refractivity contribution in [2.45, 2.75) is 32.2 Å². The van der Waals surface area contributed by atoms with Gasteiger partial charge < -0.3 is 14.4 Å². The molecule has 2 aliphatic heterocycles. The number of ether oxygens (including phenoxy) is 2. The van der Waals surface area contributed by atoms with E-state index in [0.717, 1.165) is 30.9 Å². The Morgan fingerprint density at radius 2 is 1.84 bits per heavy atom. The summed E-state index contributed by atoms with van der Waals surface area (Å²) in [6.45, 7) is 4.06. The molecule has 0 saturated carbocycles. The Balaban J connectivity index is 1.49. The number of amides is 1. The number of hydrogen-bond donors (Lipinski definition) is 0. The fourth-order valence-electron chi connectivity index (χ4n) is 3.73. The predicted molar refractivity (Wildman–Crippen MR) is 96.0 cm³/mol. The van der Waals surface area contributed by atoms with Crippen LogP contribution in [0.2, 0.25) is 0 Å². The maximum atomic E-state index is 12.8. The Morgan fingerprint density at radius 3 is 2.60 bits per heavy atom. The molecular weight excluding hydrogens is 314 g/mol. The summed E-state index contributed by atoms with van der Waals surface area (Å²) in [6, 6.07) is 14.4. The second kappa shape index (κ2) is 6.79. The molecule has 4 heteroatoms. The van der Waals surface area contributed by atoms with E-state index in [1.807, 2.05) is 23.1 Å². The van der Waals surface area contributed by atoms with E-state index in [-0.39, 0.29) is 11.9 Å². The lowest BCUT2D eigenvalue weighted by atomic mass is 9.92. The number of fused-ring (bicyclic) bond motifs is 2. The van der Waals surface area contributed by atoms with E-state index in [1.54, 1.807) is 0 Å². The molecule has 0 bridgehead atoms. The van der Waals surface area contributed by atoms with E-state index in [1.165, 1.54) is 16.7 Å². The van der Waals surface area contributed by atoms with Crippen LogP contribution >= 0.6 is 0 Å². The van der Waals surface area contributed by atoms with Crippen LogP contribution in [0.1, 0.15) is 36.1 Å². The number of aryl methyl sites for hydroxylation is 1. The lowest BCUT2D eigenvalue weighted by Gasteiger charge is -2.36. The van der Waals surface area contributed by atoms with Gasteiger partial charge in [-0.05, 0) is 48.6 Å². The van der Waals surface area contributed by atoms with Gasteiger partial charge in [0.2, 0.25) is 5.91 Å². The average Bonchev–Trinajstić information content (AvgIpc) is 2.66. The largest absolute Gasteiger partial charge is 0.486 e. The van der Waals surface area contributed by atoms with Gasteiger partial charge in [-0.15, -0.1) is 0 Å². The normalized spacial score (nSPS) is 18.6. The molecule has 4 rings (SSSR count). The molecule has 0 fully saturated rings. The van der Waals surface area contributed by atoms with Gasteiger partial charge >= 0.3 is 0 Å². The first-order chi connectivity index (χ1) is 12.2. The molecular formula is C21H23NO3. The Kier molecular flexibility index (Phi) is 4.35. The monoisotopic (exact) mass is 337 g/mol. The minimum Gasteiger partial charge on any atom is -0.486 e. The average molecular weight is 337 g/mol. The number of carbonyl (C=O) groups excluding carboxylic acids is 1. The van der Waals surface area contributed by atoms with E-state index < -0.39 is 0 Å². The summed E-state index contributed by atoms with van der Waals surface area (Å²) in [5, 5.41) is 0. The van der Waals surface area contributed by atoms with Crippen LogP contribution < -0.4 is 9.47 Å². The molecule has 1 amide bonds. The predicted octanol–water partition coefficient (Wildman–Crippen LogP) is 3.54. The third-order valence-electron chi connectivity index (χ3n) is 5.13. The molecule has 1 unspecified atom stereocenters. The summed E-state index contributed by atoms with van der Waals surface area (Å²) in [5.74, 6) is 1.85. The molecule has 2 aromatic carbocycles. The van der Waals surface area contributed by atoms with Gasteiger partial charge in [-0.2, -0.15) is 0 Å². The summed E-state index contributed by atoms with van der Waals surface area (Å²) >= 11 is 0. The van der Waals surface area contributed by atoms with Gasteiger partial charge in [-0.25, -0.2) is 0 Å². The van der Waals surface area contributed by atoms with Gasteiger partial charge in [0.1, 0.15) is 13.2 Å². The topological polar surface area (TPSA) is 38.8 Å². The van der Waals surface area contributed by atoms with E-state index in [2.05, 4.69) is 31.2 Å². The van der Waals surface area contributed by atoms with Crippen LogP contribution in [0.4, 0.5) is 0 Å². The second-order valence-electron chi connectivity index (χ2n) is 6.69. The van der Waals surface area contributed by atoms with Crippen molar-refractivity contribution in [3.63, 3.8) is 0 Å². The smallest absolute Gasteiger partial charge is 0.223 e. The zero-order valence-corrected chi connectivity index (χ0v) is 14.5. The van der Waals surface area contributed by atoms with Crippen molar-refractivity contribution in [3.8, 4) is 11.5 Å². The van der Waals surface area contributed by atoms with Crippen LogP contribution in [0.15, 0.2) is 42.5 Å². The third-order valence-corrected chi connectivity index (χ3v) is 5.13. The molecule has 4 nitrogen and oxygen atoms in total. The highest BCUT2D eigenvalue weighted by Gasteiger charge is 2.29. The van der Waals surface area contributed by atoms with Gasteiger partial charge in [0.05, 0.1) is 6.04 Å². The molecule has 25 heavy (non-hydrogen) atoms. The summed E-state index contributed by atoms with van der Waals surface area (Å²) in [5.41, 5.74) is 3.66. The van der Waals surface area contributed by atoms with Gasteiger partial charge in [0.15, 0.2) is 11.5 Å². The lowest BCUT2D eigenvalue weighted by molar-refractivity contribution is -0.133.